The van der Waals surface area contributed by atoms with E-state index >= 15 is 0 Å². The highest BCUT2D eigenvalue weighted by Gasteiger charge is 2.13. The van der Waals surface area contributed by atoms with Crippen LogP contribution in [0, 0.1) is 23.7 Å². The molecule has 1 N–H and O–H groups in total. The first-order valence-corrected chi connectivity index (χ1v) is 9.76. The van der Waals surface area contributed by atoms with E-state index in [0.717, 1.165) is 12.8 Å². The van der Waals surface area contributed by atoms with Crippen LogP contribution in [0.1, 0.15) is 17.5 Å². The monoisotopic (exact) mass is 452 g/mol. The van der Waals surface area contributed by atoms with Crippen LogP contribution in [0.5, 0.6) is 11.5 Å². The van der Waals surface area contributed by atoms with E-state index in [1.54, 1.807) is 12.1 Å². The van der Waals surface area contributed by atoms with Crippen molar-refractivity contribution in [1.29, 1.82) is 5.26 Å². The topological polar surface area (TPSA) is 71.3 Å². The van der Waals surface area contributed by atoms with E-state index in [0.29, 0.717) is 28.1 Å². The first-order chi connectivity index (χ1) is 14.1. The molecule has 29 heavy (non-hydrogen) atoms. The number of amides is 1. The molecule has 5 nitrogen and oxygen atoms in total. The summed E-state index contributed by atoms with van der Waals surface area (Å²) >= 11 is 3.43. The fraction of sp³-hybridized carbons (Fsp3) is 0.217. The second-order valence-corrected chi connectivity index (χ2v) is 6.89. The van der Waals surface area contributed by atoms with Crippen molar-refractivity contribution in [2.75, 3.05) is 20.3 Å². The van der Waals surface area contributed by atoms with Crippen molar-refractivity contribution in [3.63, 3.8) is 0 Å². The number of nitrogens with one attached hydrogen (secondary N) is 1. The van der Waals surface area contributed by atoms with Gasteiger partial charge < -0.3 is 14.8 Å². The zero-order chi connectivity index (χ0) is 21.1. The summed E-state index contributed by atoms with van der Waals surface area (Å²) in [7, 11) is 1.50. The lowest BCUT2D eigenvalue weighted by Crippen LogP contribution is -2.25. The van der Waals surface area contributed by atoms with Gasteiger partial charge in [0, 0.05) is 11.0 Å². The van der Waals surface area contributed by atoms with Gasteiger partial charge in [0.2, 0.25) is 0 Å². The summed E-state index contributed by atoms with van der Waals surface area (Å²) in [5.41, 5.74) is 1.83. The zero-order valence-electron chi connectivity index (χ0n) is 16.1. The third kappa shape index (κ3) is 6.71. The highest BCUT2D eigenvalue weighted by Crippen LogP contribution is 2.34. The van der Waals surface area contributed by atoms with Crippen LogP contribution >= 0.6 is 15.9 Å². The molecule has 1 amide bonds. The standard InChI is InChI=1S/C23H21BrN2O3/c1-3-12-29-22-15-20(24)18(14-21(22)28-2)13-19(16-25)23(27)26-11-7-10-17-8-5-4-6-9-17/h1,4-6,8-9,13-15H,7,10-12H2,2H3,(H,26,27)/b19-13-. The van der Waals surface area contributed by atoms with Gasteiger partial charge in [0.1, 0.15) is 18.2 Å². The number of benzene rings is 2. The maximum Gasteiger partial charge on any atom is 0.261 e. The van der Waals surface area contributed by atoms with Gasteiger partial charge in [-0.1, -0.05) is 52.2 Å². The van der Waals surface area contributed by atoms with Crippen LogP contribution in [0.3, 0.4) is 0 Å². The van der Waals surface area contributed by atoms with Crippen molar-refractivity contribution < 1.29 is 14.3 Å². The molecule has 0 radical (unpaired) electrons. The number of hydrogen-bond acceptors (Lipinski definition) is 4. The van der Waals surface area contributed by atoms with Crippen LogP contribution in [-0.2, 0) is 11.2 Å². The van der Waals surface area contributed by atoms with Gasteiger partial charge in [0.15, 0.2) is 11.5 Å². The smallest absolute Gasteiger partial charge is 0.261 e. The van der Waals surface area contributed by atoms with Crippen molar-refractivity contribution in [2.24, 2.45) is 0 Å². The predicted molar refractivity (Wildman–Crippen MR) is 116 cm³/mol. The predicted octanol–water partition coefficient (Wildman–Crippen LogP) is 4.13. The number of aryl methyl sites for hydroxylation is 1. The Morgan fingerprint density at radius 1 is 1.28 bits per heavy atom. The Balaban J connectivity index is 2.05. The van der Waals surface area contributed by atoms with Crippen molar-refractivity contribution in [1.82, 2.24) is 5.32 Å². The van der Waals surface area contributed by atoms with Gasteiger partial charge in [-0.15, -0.1) is 6.42 Å². The number of hydrogen-bond donors (Lipinski definition) is 1. The highest BCUT2D eigenvalue weighted by molar-refractivity contribution is 9.10. The van der Waals surface area contributed by atoms with Crippen LogP contribution in [0.25, 0.3) is 6.08 Å². The van der Waals surface area contributed by atoms with Crippen LogP contribution in [-0.4, -0.2) is 26.2 Å². The van der Waals surface area contributed by atoms with Gasteiger partial charge in [0.25, 0.3) is 5.91 Å². The number of halogens is 1. The molecular weight excluding hydrogens is 432 g/mol. The second-order valence-electron chi connectivity index (χ2n) is 6.03. The van der Waals surface area contributed by atoms with Crippen LogP contribution < -0.4 is 14.8 Å². The summed E-state index contributed by atoms with van der Waals surface area (Å²) in [6, 6.07) is 15.3. The Morgan fingerprint density at radius 3 is 2.69 bits per heavy atom. The number of methoxy groups -OCH3 is 1. The molecule has 0 saturated heterocycles. The SMILES string of the molecule is C#CCOc1cc(Br)c(/C=C(/C#N)C(=O)NCCCc2ccccc2)cc1OC. The molecule has 148 valence electrons. The summed E-state index contributed by atoms with van der Waals surface area (Å²) in [5.74, 6) is 2.90. The lowest BCUT2D eigenvalue weighted by Gasteiger charge is -2.11. The van der Waals surface area contributed by atoms with Crippen molar-refractivity contribution in [3.05, 3.63) is 63.6 Å². The summed E-state index contributed by atoms with van der Waals surface area (Å²) < 4.78 is 11.4. The van der Waals surface area contributed by atoms with Crippen molar-refractivity contribution in [3.8, 4) is 29.9 Å². The molecular formula is C23H21BrN2O3. The average molecular weight is 453 g/mol. The maximum absolute atomic E-state index is 12.4. The molecule has 0 aliphatic rings. The highest BCUT2D eigenvalue weighted by atomic mass is 79.9. The van der Waals surface area contributed by atoms with E-state index in [2.05, 4.69) is 27.2 Å². The maximum atomic E-state index is 12.4. The summed E-state index contributed by atoms with van der Waals surface area (Å²) in [6.07, 6.45) is 8.36. The van der Waals surface area contributed by atoms with Crippen LogP contribution in [0.4, 0.5) is 0 Å². The Kier molecular flexibility index (Phi) is 8.82. The Morgan fingerprint density at radius 2 is 2.03 bits per heavy atom. The minimum Gasteiger partial charge on any atom is -0.493 e. The van der Waals surface area contributed by atoms with E-state index in [1.807, 2.05) is 36.4 Å². The van der Waals surface area contributed by atoms with E-state index in [9.17, 15) is 10.1 Å². The molecule has 6 heteroatoms. The molecule has 0 spiro atoms. The lowest BCUT2D eigenvalue weighted by atomic mass is 10.1. The molecule has 0 unspecified atom stereocenters. The molecule has 0 heterocycles. The van der Waals surface area contributed by atoms with Gasteiger partial charge in [-0.3, -0.25) is 4.79 Å². The third-order valence-corrected chi connectivity index (χ3v) is 4.72. The van der Waals surface area contributed by atoms with Crippen molar-refractivity contribution in [2.45, 2.75) is 12.8 Å². The number of nitriles is 1. The molecule has 2 aromatic rings. The minimum absolute atomic E-state index is 0.00440. The van der Waals surface area contributed by atoms with Gasteiger partial charge in [-0.2, -0.15) is 5.26 Å². The first kappa shape index (κ1) is 22.1. The van der Waals surface area contributed by atoms with Crippen molar-refractivity contribution >= 4 is 27.9 Å². The Bertz CT molecular complexity index is 957. The second kappa shape index (κ2) is 11.6. The molecule has 2 aromatic carbocycles. The van der Waals surface area contributed by atoms with Gasteiger partial charge in [-0.25, -0.2) is 0 Å². The Labute approximate surface area is 179 Å². The summed E-state index contributed by atoms with van der Waals surface area (Å²) in [5, 5.41) is 12.2. The van der Waals surface area contributed by atoms with E-state index < -0.39 is 5.91 Å². The molecule has 0 fully saturated rings. The number of rotatable bonds is 9. The minimum atomic E-state index is -0.418. The molecule has 2 rings (SSSR count). The van der Waals surface area contributed by atoms with Crippen LogP contribution in [0.2, 0.25) is 0 Å². The molecule has 0 atom stereocenters. The van der Waals surface area contributed by atoms with Gasteiger partial charge >= 0.3 is 0 Å². The quantitative estimate of drug-likeness (QED) is 0.268. The molecule has 0 aliphatic heterocycles. The molecule has 0 aromatic heterocycles. The summed E-state index contributed by atoms with van der Waals surface area (Å²) in [6.45, 7) is 0.586. The third-order valence-electron chi connectivity index (χ3n) is 4.03. The first-order valence-electron chi connectivity index (χ1n) is 8.96. The van der Waals surface area contributed by atoms with E-state index in [-0.39, 0.29) is 12.2 Å². The molecule has 0 aliphatic carbocycles. The zero-order valence-corrected chi connectivity index (χ0v) is 17.7. The molecule has 0 bridgehead atoms. The van der Waals surface area contributed by atoms with Gasteiger partial charge in [0.05, 0.1) is 7.11 Å². The molecule has 0 saturated carbocycles. The largest absolute Gasteiger partial charge is 0.493 e. The van der Waals surface area contributed by atoms with Gasteiger partial charge in [-0.05, 0) is 42.2 Å². The van der Waals surface area contributed by atoms with E-state index in [1.165, 1.54) is 18.7 Å². The number of terminal acetylenes is 1. The normalized spacial score (nSPS) is 10.6. The van der Waals surface area contributed by atoms with E-state index in [4.69, 9.17) is 15.9 Å². The summed E-state index contributed by atoms with van der Waals surface area (Å²) in [4.78, 5) is 12.4. The van der Waals surface area contributed by atoms with Crippen LogP contribution in [0.15, 0.2) is 52.5 Å². The fourth-order valence-electron chi connectivity index (χ4n) is 2.59. The number of carbonyl (C=O) groups excluding carboxylic acids is 1. The average Bonchev–Trinajstić information content (AvgIpc) is 2.75. The fourth-order valence-corrected chi connectivity index (χ4v) is 3.03. The number of carbonyl (C=O) groups is 1. The number of ether oxygens (including phenoxy) is 2. The lowest BCUT2D eigenvalue weighted by molar-refractivity contribution is -0.117. The Hall–Kier alpha value is -3.22. The number of nitrogens with zero attached hydrogens (tertiary/aromatic N) is 1.